The molecule has 12 heteroatoms. The number of fused-ring (bicyclic) bond motifs is 2. The van der Waals surface area contributed by atoms with Crippen molar-refractivity contribution in [2.45, 2.75) is 11.0 Å². The van der Waals surface area contributed by atoms with Crippen molar-refractivity contribution in [3.63, 3.8) is 0 Å². The van der Waals surface area contributed by atoms with Crippen LogP contribution in [0.15, 0.2) is 89.8 Å². The number of nitrogens with one attached hydrogen (secondary N) is 2. The minimum absolute atomic E-state index is 0.00593. The highest BCUT2D eigenvalue weighted by molar-refractivity contribution is 7.92. The summed E-state index contributed by atoms with van der Waals surface area (Å²) in [6, 6.07) is 22.9. The summed E-state index contributed by atoms with van der Waals surface area (Å²) in [6.45, 7) is -0.251. The first-order valence-electron chi connectivity index (χ1n) is 11.4. The van der Waals surface area contributed by atoms with E-state index in [2.05, 4.69) is 10.0 Å². The number of hydrogen-bond donors (Lipinski definition) is 2. The van der Waals surface area contributed by atoms with Gasteiger partial charge in [0.25, 0.3) is 15.9 Å². The van der Waals surface area contributed by atoms with Crippen LogP contribution in [0, 0.1) is 0 Å². The Balaban J connectivity index is 1.32. The van der Waals surface area contributed by atoms with E-state index in [1.807, 2.05) is 30.3 Å². The van der Waals surface area contributed by atoms with E-state index < -0.39 is 32.1 Å². The summed E-state index contributed by atoms with van der Waals surface area (Å²) in [5.41, 5.74) is 1.01. The molecule has 2 N–H and O–H groups in total. The quantitative estimate of drug-likeness (QED) is 0.352. The van der Waals surface area contributed by atoms with Gasteiger partial charge in [0.2, 0.25) is 10.0 Å². The zero-order valence-corrected chi connectivity index (χ0v) is 22.3. The number of anilines is 3. The minimum atomic E-state index is -3.90. The largest absolute Gasteiger partial charge is 0.476 e. The molecular formula is C26H22ClN3O6S2. The van der Waals surface area contributed by atoms with E-state index in [1.54, 1.807) is 12.1 Å². The predicted molar refractivity (Wildman–Crippen MR) is 148 cm³/mol. The maximum Gasteiger partial charge on any atom is 0.267 e. The Morgan fingerprint density at radius 2 is 1.66 bits per heavy atom. The van der Waals surface area contributed by atoms with E-state index in [0.29, 0.717) is 16.4 Å². The number of nitrogens with zero attached hydrogens (tertiary/aromatic N) is 1. The van der Waals surface area contributed by atoms with E-state index in [9.17, 15) is 21.6 Å². The number of benzene rings is 4. The molecule has 0 aromatic heterocycles. The lowest BCUT2D eigenvalue weighted by molar-refractivity contribution is -0.122. The molecule has 0 unspecified atom stereocenters. The van der Waals surface area contributed by atoms with E-state index in [-0.39, 0.29) is 22.9 Å². The van der Waals surface area contributed by atoms with E-state index >= 15 is 0 Å². The summed E-state index contributed by atoms with van der Waals surface area (Å²) < 4.78 is 60.1. The van der Waals surface area contributed by atoms with Crippen LogP contribution in [0.5, 0.6) is 5.75 Å². The summed E-state index contributed by atoms with van der Waals surface area (Å²) in [5, 5.41) is 4.64. The predicted octanol–water partition coefficient (Wildman–Crippen LogP) is 4.46. The van der Waals surface area contributed by atoms with Crippen LogP contribution in [-0.2, 0) is 24.8 Å². The highest BCUT2D eigenvalue weighted by atomic mass is 35.5. The van der Waals surface area contributed by atoms with Crippen LogP contribution in [0.2, 0.25) is 5.02 Å². The van der Waals surface area contributed by atoms with Gasteiger partial charge in [-0.25, -0.2) is 16.8 Å². The third-order valence-corrected chi connectivity index (χ3v) is 8.71. The van der Waals surface area contributed by atoms with Crippen molar-refractivity contribution in [2.75, 3.05) is 27.1 Å². The monoisotopic (exact) mass is 571 g/mol. The lowest BCUT2D eigenvalue weighted by atomic mass is 10.1. The summed E-state index contributed by atoms with van der Waals surface area (Å²) in [5.74, 6) is -0.393. The fourth-order valence-corrected chi connectivity index (χ4v) is 6.29. The van der Waals surface area contributed by atoms with Gasteiger partial charge in [0.1, 0.15) is 5.75 Å². The Kier molecular flexibility index (Phi) is 6.68. The number of rotatable bonds is 6. The summed E-state index contributed by atoms with van der Waals surface area (Å²) in [4.78, 5) is 13.0. The van der Waals surface area contributed by atoms with E-state index in [4.69, 9.17) is 16.3 Å². The Labute approximate surface area is 225 Å². The average Bonchev–Trinajstić information content (AvgIpc) is 2.88. The van der Waals surface area contributed by atoms with Gasteiger partial charge < -0.3 is 10.1 Å². The molecule has 4 aromatic carbocycles. The van der Waals surface area contributed by atoms with Crippen molar-refractivity contribution >= 4 is 65.4 Å². The molecule has 196 valence electrons. The molecule has 1 amide bonds. The van der Waals surface area contributed by atoms with E-state index in [1.165, 1.54) is 42.5 Å². The van der Waals surface area contributed by atoms with Crippen molar-refractivity contribution in [3.05, 3.63) is 90.0 Å². The van der Waals surface area contributed by atoms with Gasteiger partial charge in [-0.1, -0.05) is 48.0 Å². The number of sulfonamides is 2. The van der Waals surface area contributed by atoms with Gasteiger partial charge in [-0.3, -0.25) is 13.8 Å². The summed E-state index contributed by atoms with van der Waals surface area (Å²) >= 11 is 6.01. The van der Waals surface area contributed by atoms with Gasteiger partial charge in [-0.05, 0) is 53.9 Å². The second-order valence-electron chi connectivity index (χ2n) is 8.66. The third kappa shape index (κ3) is 5.26. The SMILES string of the molecule is CS(=O)(=O)N1C[C@@H](C(=O)Nc2ccc(S(=O)(=O)Nc3cccc4ccccc34)cc2)Oc2ccc(Cl)cc21. The van der Waals surface area contributed by atoms with Crippen molar-refractivity contribution in [1.82, 2.24) is 0 Å². The number of halogens is 1. The second kappa shape index (κ2) is 9.82. The zero-order chi connectivity index (χ0) is 27.1. The maximum absolute atomic E-state index is 13.0. The molecule has 0 spiro atoms. The van der Waals surface area contributed by atoms with Crippen LogP contribution in [0.4, 0.5) is 17.1 Å². The summed E-state index contributed by atoms with van der Waals surface area (Å²) in [7, 11) is -7.62. The van der Waals surface area contributed by atoms with Gasteiger partial charge in [0, 0.05) is 16.1 Å². The molecule has 0 radical (unpaired) electrons. The standard InChI is InChI=1S/C26H22ClN3O6S2/c1-37(32,33)30-16-25(36-24-14-9-18(27)15-23(24)30)26(31)28-19-10-12-20(13-11-19)38(34,35)29-22-8-4-6-17-5-2-3-7-21(17)22/h2-15,25,29H,16H2,1H3,(H,28,31)/t25-/m0/s1. The van der Waals surface area contributed by atoms with Crippen LogP contribution in [0.25, 0.3) is 10.8 Å². The van der Waals surface area contributed by atoms with Crippen molar-refractivity contribution in [3.8, 4) is 5.75 Å². The maximum atomic E-state index is 13.0. The van der Waals surface area contributed by atoms with Crippen LogP contribution in [-0.4, -0.2) is 41.6 Å². The molecule has 0 bridgehead atoms. The minimum Gasteiger partial charge on any atom is -0.476 e. The van der Waals surface area contributed by atoms with Crippen molar-refractivity contribution in [2.24, 2.45) is 0 Å². The highest BCUT2D eigenvalue weighted by Crippen LogP contribution is 2.37. The Hall–Kier alpha value is -3.80. The van der Waals surface area contributed by atoms with Crippen LogP contribution in [0.1, 0.15) is 0 Å². The normalized spacial score (nSPS) is 15.4. The molecule has 9 nitrogen and oxygen atoms in total. The van der Waals surface area contributed by atoms with Crippen LogP contribution >= 0.6 is 11.6 Å². The lowest BCUT2D eigenvalue weighted by Crippen LogP contribution is -2.48. The molecule has 0 saturated heterocycles. The molecule has 38 heavy (non-hydrogen) atoms. The Morgan fingerprint density at radius 3 is 2.39 bits per heavy atom. The first-order chi connectivity index (χ1) is 18.0. The molecule has 0 saturated carbocycles. The molecule has 5 rings (SSSR count). The third-order valence-electron chi connectivity index (χ3n) is 5.95. The molecule has 1 aliphatic heterocycles. The van der Waals surface area contributed by atoms with Crippen molar-refractivity contribution < 1.29 is 26.4 Å². The molecule has 4 aromatic rings. The molecule has 1 heterocycles. The number of carbonyl (C=O) groups is 1. The highest BCUT2D eigenvalue weighted by Gasteiger charge is 2.35. The van der Waals surface area contributed by atoms with Crippen molar-refractivity contribution in [1.29, 1.82) is 0 Å². The van der Waals surface area contributed by atoms with Gasteiger partial charge in [0.15, 0.2) is 6.10 Å². The molecule has 0 aliphatic carbocycles. The Bertz CT molecular complexity index is 1750. The smallest absolute Gasteiger partial charge is 0.267 e. The topological polar surface area (TPSA) is 122 Å². The fourth-order valence-electron chi connectivity index (χ4n) is 4.13. The van der Waals surface area contributed by atoms with E-state index in [0.717, 1.165) is 21.3 Å². The van der Waals surface area contributed by atoms with Gasteiger partial charge in [0.05, 0.1) is 29.1 Å². The second-order valence-corrected chi connectivity index (χ2v) is 12.7. The lowest BCUT2D eigenvalue weighted by Gasteiger charge is -2.34. The molecule has 0 fully saturated rings. The first-order valence-corrected chi connectivity index (χ1v) is 15.1. The fraction of sp³-hybridized carbons (Fsp3) is 0.115. The van der Waals surface area contributed by atoms with Crippen LogP contribution < -0.4 is 19.1 Å². The molecule has 1 atom stereocenters. The Morgan fingerprint density at radius 1 is 0.947 bits per heavy atom. The number of amides is 1. The van der Waals surface area contributed by atoms with Gasteiger partial charge >= 0.3 is 0 Å². The molecule has 1 aliphatic rings. The zero-order valence-electron chi connectivity index (χ0n) is 20.0. The van der Waals surface area contributed by atoms with Gasteiger partial charge in [-0.15, -0.1) is 0 Å². The van der Waals surface area contributed by atoms with Gasteiger partial charge in [-0.2, -0.15) is 0 Å². The average molecular weight is 572 g/mol. The first kappa shape index (κ1) is 25.8. The summed E-state index contributed by atoms with van der Waals surface area (Å²) in [6.07, 6.45) is -0.112. The molecular weight excluding hydrogens is 550 g/mol. The number of carbonyl (C=O) groups excluding carboxylic acids is 1. The van der Waals surface area contributed by atoms with Crippen LogP contribution in [0.3, 0.4) is 0 Å². The number of hydrogen-bond acceptors (Lipinski definition) is 6. The number of ether oxygens (including phenoxy) is 1.